The van der Waals surface area contributed by atoms with Crippen LogP contribution in [0.3, 0.4) is 0 Å². The highest BCUT2D eigenvalue weighted by molar-refractivity contribution is 5.96. The standard InChI is InChI=1S/C33H33N3O6/c1-22-28(16-9-17-30(22)37)33(40)35-29(19-24-12-6-3-7-13-24)31(38)21-26(18-23-10-4-2-5-11-23)34-32(39)25-14-8-15-27(20-25)36(41)42/h2-17,20,26,29,31,37-38H,18-19,21H2,1H3,(H,34,39)(H,35,40). The van der Waals surface area contributed by atoms with Crippen LogP contribution >= 0.6 is 0 Å². The molecule has 4 rings (SSSR count). The molecule has 0 spiro atoms. The third-order valence-corrected chi connectivity index (χ3v) is 7.13. The lowest BCUT2D eigenvalue weighted by Gasteiger charge is -2.29. The lowest BCUT2D eigenvalue weighted by molar-refractivity contribution is -0.384. The van der Waals surface area contributed by atoms with Gasteiger partial charge in [0.15, 0.2) is 0 Å². The van der Waals surface area contributed by atoms with Crippen LogP contribution < -0.4 is 10.6 Å². The van der Waals surface area contributed by atoms with Crippen LogP contribution in [0.15, 0.2) is 103 Å². The summed E-state index contributed by atoms with van der Waals surface area (Å²) in [6.07, 6.45) is -0.281. The number of non-ortho nitro benzene ring substituents is 1. The van der Waals surface area contributed by atoms with E-state index >= 15 is 0 Å². The van der Waals surface area contributed by atoms with Crippen LogP contribution in [0.2, 0.25) is 0 Å². The highest BCUT2D eigenvalue weighted by Crippen LogP contribution is 2.21. The first-order valence-electron chi connectivity index (χ1n) is 13.6. The molecule has 0 aliphatic heterocycles. The molecule has 0 saturated heterocycles. The van der Waals surface area contributed by atoms with Gasteiger partial charge in [0.2, 0.25) is 0 Å². The molecular formula is C33H33N3O6. The Kier molecular flexibility index (Phi) is 10.0. The van der Waals surface area contributed by atoms with Gasteiger partial charge in [0, 0.05) is 34.9 Å². The van der Waals surface area contributed by atoms with Gasteiger partial charge in [-0.3, -0.25) is 19.7 Å². The van der Waals surface area contributed by atoms with Crippen molar-refractivity contribution >= 4 is 17.5 Å². The molecular weight excluding hydrogens is 534 g/mol. The molecule has 2 amide bonds. The molecule has 9 heteroatoms. The van der Waals surface area contributed by atoms with E-state index in [2.05, 4.69) is 10.6 Å². The summed E-state index contributed by atoms with van der Waals surface area (Å²) in [5.74, 6) is -0.955. The molecule has 4 aromatic carbocycles. The number of phenols is 1. The Morgan fingerprint density at radius 2 is 1.43 bits per heavy atom. The van der Waals surface area contributed by atoms with Crippen LogP contribution in [-0.4, -0.2) is 45.1 Å². The number of aliphatic hydroxyl groups excluding tert-OH is 1. The van der Waals surface area contributed by atoms with Gasteiger partial charge in [0.05, 0.1) is 17.1 Å². The molecule has 216 valence electrons. The summed E-state index contributed by atoms with van der Waals surface area (Å²) in [7, 11) is 0. The topological polar surface area (TPSA) is 142 Å². The number of carbonyl (C=O) groups is 2. The summed E-state index contributed by atoms with van der Waals surface area (Å²) in [6.45, 7) is 1.65. The van der Waals surface area contributed by atoms with Crippen LogP contribution in [0.4, 0.5) is 5.69 Å². The highest BCUT2D eigenvalue weighted by Gasteiger charge is 2.27. The van der Waals surface area contributed by atoms with Gasteiger partial charge >= 0.3 is 0 Å². The molecule has 9 nitrogen and oxygen atoms in total. The maximum absolute atomic E-state index is 13.3. The number of nitro benzene ring substituents is 1. The lowest BCUT2D eigenvalue weighted by atomic mass is 9.93. The van der Waals surface area contributed by atoms with Gasteiger partial charge in [-0.05, 0) is 55.5 Å². The summed E-state index contributed by atoms with van der Waals surface area (Å²) in [5.41, 5.74) is 2.47. The van der Waals surface area contributed by atoms with E-state index in [4.69, 9.17) is 0 Å². The molecule has 0 aliphatic carbocycles. The molecule has 3 unspecified atom stereocenters. The van der Waals surface area contributed by atoms with Crippen molar-refractivity contribution in [1.29, 1.82) is 0 Å². The predicted molar refractivity (Wildman–Crippen MR) is 159 cm³/mol. The molecule has 42 heavy (non-hydrogen) atoms. The van der Waals surface area contributed by atoms with Gasteiger partial charge in [-0.25, -0.2) is 0 Å². The molecule has 0 aromatic heterocycles. The van der Waals surface area contributed by atoms with Crippen LogP contribution in [0.5, 0.6) is 5.75 Å². The van der Waals surface area contributed by atoms with Gasteiger partial charge in [-0.15, -0.1) is 0 Å². The molecule has 0 saturated carbocycles. The van der Waals surface area contributed by atoms with E-state index in [9.17, 15) is 29.9 Å². The monoisotopic (exact) mass is 567 g/mol. The average Bonchev–Trinajstić information content (AvgIpc) is 2.99. The van der Waals surface area contributed by atoms with E-state index < -0.39 is 34.9 Å². The minimum Gasteiger partial charge on any atom is -0.508 e. The zero-order valence-electron chi connectivity index (χ0n) is 23.1. The molecule has 0 aliphatic rings. The first-order valence-corrected chi connectivity index (χ1v) is 13.6. The largest absolute Gasteiger partial charge is 0.508 e. The summed E-state index contributed by atoms with van der Waals surface area (Å²) >= 11 is 0. The minimum atomic E-state index is -1.08. The van der Waals surface area contributed by atoms with Gasteiger partial charge in [0.1, 0.15) is 5.75 Å². The number of carbonyl (C=O) groups excluding carboxylic acids is 2. The predicted octanol–water partition coefficient (Wildman–Crippen LogP) is 4.74. The zero-order valence-corrected chi connectivity index (χ0v) is 23.1. The number of nitro groups is 1. The van der Waals surface area contributed by atoms with E-state index in [1.807, 2.05) is 60.7 Å². The van der Waals surface area contributed by atoms with Crippen molar-refractivity contribution in [2.45, 2.75) is 44.4 Å². The Labute approximate surface area is 244 Å². The van der Waals surface area contributed by atoms with Gasteiger partial charge in [0.25, 0.3) is 17.5 Å². The fourth-order valence-corrected chi connectivity index (χ4v) is 4.84. The Morgan fingerprint density at radius 3 is 2.07 bits per heavy atom. The van der Waals surface area contributed by atoms with Gasteiger partial charge in [-0.2, -0.15) is 0 Å². The van der Waals surface area contributed by atoms with Crippen LogP contribution in [-0.2, 0) is 12.8 Å². The number of nitrogens with zero attached hydrogens (tertiary/aromatic N) is 1. The van der Waals surface area contributed by atoms with Crippen molar-refractivity contribution in [2.75, 3.05) is 0 Å². The molecule has 4 aromatic rings. The Morgan fingerprint density at radius 1 is 0.810 bits per heavy atom. The summed E-state index contributed by atoms with van der Waals surface area (Å²) < 4.78 is 0. The van der Waals surface area contributed by atoms with Crippen LogP contribution in [0.25, 0.3) is 0 Å². The van der Waals surface area contributed by atoms with E-state index in [0.29, 0.717) is 24.0 Å². The van der Waals surface area contributed by atoms with Crippen molar-refractivity contribution < 1.29 is 24.7 Å². The van der Waals surface area contributed by atoms with E-state index in [1.165, 1.54) is 30.3 Å². The Bertz CT molecular complexity index is 1530. The zero-order chi connectivity index (χ0) is 30.1. The fourth-order valence-electron chi connectivity index (χ4n) is 4.84. The Balaban J connectivity index is 1.58. The number of hydrogen-bond acceptors (Lipinski definition) is 6. The van der Waals surface area contributed by atoms with Gasteiger partial charge in [-0.1, -0.05) is 72.8 Å². The van der Waals surface area contributed by atoms with Crippen molar-refractivity contribution in [3.05, 3.63) is 141 Å². The van der Waals surface area contributed by atoms with Crippen molar-refractivity contribution in [2.24, 2.45) is 0 Å². The first kappa shape index (κ1) is 30.0. The van der Waals surface area contributed by atoms with Gasteiger partial charge < -0.3 is 20.8 Å². The normalized spacial score (nSPS) is 13.0. The third kappa shape index (κ3) is 8.02. The maximum atomic E-state index is 13.3. The van der Waals surface area contributed by atoms with Crippen molar-refractivity contribution in [1.82, 2.24) is 10.6 Å². The maximum Gasteiger partial charge on any atom is 0.270 e. The van der Waals surface area contributed by atoms with E-state index in [1.54, 1.807) is 19.1 Å². The number of aromatic hydroxyl groups is 1. The number of amides is 2. The van der Waals surface area contributed by atoms with E-state index in [0.717, 1.165) is 11.1 Å². The molecule has 4 N–H and O–H groups in total. The summed E-state index contributed by atoms with van der Waals surface area (Å²) in [5, 5.41) is 38.7. The number of nitrogens with one attached hydrogen (secondary N) is 2. The summed E-state index contributed by atoms with van der Waals surface area (Å²) in [6, 6.07) is 27.7. The van der Waals surface area contributed by atoms with Crippen molar-refractivity contribution in [3.63, 3.8) is 0 Å². The average molecular weight is 568 g/mol. The second-order valence-electron chi connectivity index (χ2n) is 10.2. The van der Waals surface area contributed by atoms with Crippen LogP contribution in [0, 0.1) is 17.0 Å². The molecule has 0 radical (unpaired) electrons. The number of aliphatic hydroxyl groups is 1. The SMILES string of the molecule is Cc1c(O)cccc1C(=O)NC(Cc1ccccc1)C(O)CC(Cc1ccccc1)NC(=O)c1cccc([N+](=O)[O-])c1. The lowest BCUT2D eigenvalue weighted by Crippen LogP contribution is -2.48. The number of rotatable bonds is 12. The molecule has 0 bridgehead atoms. The number of benzene rings is 4. The molecule has 0 fully saturated rings. The second kappa shape index (κ2) is 14.0. The third-order valence-electron chi connectivity index (χ3n) is 7.13. The Hall–Kier alpha value is -5.02. The minimum absolute atomic E-state index is 0.00501. The molecule has 0 heterocycles. The number of phenolic OH excluding ortho intramolecular Hbond substituents is 1. The number of hydrogen-bond donors (Lipinski definition) is 4. The quantitative estimate of drug-likeness (QED) is 0.144. The smallest absolute Gasteiger partial charge is 0.270 e. The first-order chi connectivity index (χ1) is 20.2. The molecule has 3 atom stereocenters. The van der Waals surface area contributed by atoms with Crippen molar-refractivity contribution in [3.8, 4) is 5.75 Å². The van der Waals surface area contributed by atoms with E-state index in [-0.39, 0.29) is 23.4 Å². The van der Waals surface area contributed by atoms with Crippen LogP contribution in [0.1, 0.15) is 43.8 Å². The fraction of sp³-hybridized carbons (Fsp3) is 0.212. The summed E-state index contributed by atoms with van der Waals surface area (Å²) in [4.78, 5) is 37.1. The highest BCUT2D eigenvalue weighted by atomic mass is 16.6. The second-order valence-corrected chi connectivity index (χ2v) is 10.2.